The third kappa shape index (κ3) is 5.04. The van der Waals surface area contributed by atoms with Crippen molar-refractivity contribution in [1.82, 2.24) is 20.1 Å². The number of aryl methyl sites for hydroxylation is 2. The zero-order chi connectivity index (χ0) is 27.7. The van der Waals surface area contributed by atoms with Crippen LogP contribution in [-0.2, 0) is 22.6 Å². The number of amides is 3. The Balaban J connectivity index is 1.34. The highest BCUT2D eigenvalue weighted by Gasteiger charge is 2.65. The van der Waals surface area contributed by atoms with E-state index in [9.17, 15) is 19.5 Å². The number of nitrogens with one attached hydrogen (secondary N) is 1. The minimum atomic E-state index is -1.53. The van der Waals surface area contributed by atoms with Gasteiger partial charge in [0.2, 0.25) is 5.91 Å². The molecule has 0 saturated carbocycles. The average Bonchev–Trinajstić information content (AvgIpc) is 3.25. The first-order valence-corrected chi connectivity index (χ1v) is 13.9. The number of pyridine rings is 1. The number of rotatable bonds is 8. The summed E-state index contributed by atoms with van der Waals surface area (Å²) in [5.74, 6) is -0.843. The van der Waals surface area contributed by atoms with Crippen molar-refractivity contribution >= 4 is 29.5 Å². The fourth-order valence-electron chi connectivity index (χ4n) is 5.34. The molecule has 4 atom stereocenters. The number of likely N-dealkylation sites (tertiary alicyclic amines) is 1. The molecule has 2 aliphatic rings. The van der Waals surface area contributed by atoms with Gasteiger partial charge in [-0.25, -0.2) is 0 Å². The predicted octanol–water partition coefficient (Wildman–Crippen LogP) is 3.06. The Morgan fingerprint density at radius 3 is 2.54 bits per heavy atom. The largest absolute Gasteiger partial charge is 0.381 e. The van der Waals surface area contributed by atoms with Crippen LogP contribution >= 0.6 is 11.8 Å². The summed E-state index contributed by atoms with van der Waals surface area (Å²) in [6, 6.07) is 19.1. The molecule has 3 amide bonds. The van der Waals surface area contributed by atoms with Crippen LogP contribution in [0.4, 0.5) is 0 Å². The molecule has 2 aliphatic heterocycles. The van der Waals surface area contributed by atoms with Crippen LogP contribution in [0.1, 0.15) is 39.7 Å². The summed E-state index contributed by atoms with van der Waals surface area (Å²) in [6.07, 6.45) is 0.313. The van der Waals surface area contributed by atoms with Gasteiger partial charge in [0.05, 0.1) is 17.5 Å². The van der Waals surface area contributed by atoms with E-state index in [0.717, 1.165) is 16.7 Å². The summed E-state index contributed by atoms with van der Waals surface area (Å²) in [4.78, 5) is 47.0. The summed E-state index contributed by atoms with van der Waals surface area (Å²) in [5, 5.41) is 14.2. The Morgan fingerprint density at radius 1 is 1.10 bits per heavy atom. The van der Waals surface area contributed by atoms with Gasteiger partial charge in [-0.05, 0) is 56.0 Å². The van der Waals surface area contributed by atoms with Gasteiger partial charge in [-0.1, -0.05) is 54.6 Å². The van der Waals surface area contributed by atoms with Crippen molar-refractivity contribution in [3.05, 3.63) is 101 Å². The quantitative estimate of drug-likeness (QED) is 0.423. The van der Waals surface area contributed by atoms with Crippen LogP contribution in [0.2, 0.25) is 0 Å². The number of hydrogen-bond acceptors (Lipinski definition) is 6. The number of β-lactam (4-membered cyclic amide) rings is 1. The SMILES string of the molecule is Cc1ccccc1CN1C(=O)[C@H]2N(C(=O)[C@@H](O)[C@H](Cc3ccccc3)NC(=O)c3cccnc3C)CSC21C. The van der Waals surface area contributed by atoms with Gasteiger partial charge in [-0.3, -0.25) is 19.4 Å². The van der Waals surface area contributed by atoms with Crippen molar-refractivity contribution in [1.29, 1.82) is 0 Å². The second-order valence-corrected chi connectivity index (χ2v) is 11.6. The Morgan fingerprint density at radius 2 is 1.82 bits per heavy atom. The molecule has 2 saturated heterocycles. The number of nitrogens with zero attached hydrogens (tertiary/aromatic N) is 3. The van der Waals surface area contributed by atoms with Crippen LogP contribution in [0.15, 0.2) is 72.9 Å². The molecule has 2 fully saturated rings. The van der Waals surface area contributed by atoms with Gasteiger partial charge in [0.1, 0.15) is 10.9 Å². The molecule has 0 bridgehead atoms. The Labute approximate surface area is 232 Å². The number of carbonyl (C=O) groups excluding carboxylic acids is 3. The molecule has 5 rings (SSSR count). The first-order valence-electron chi connectivity index (χ1n) is 13.0. The second kappa shape index (κ2) is 10.8. The molecule has 3 heterocycles. The molecule has 9 heteroatoms. The van der Waals surface area contributed by atoms with Crippen molar-refractivity contribution in [3.63, 3.8) is 0 Å². The summed E-state index contributed by atoms with van der Waals surface area (Å²) in [5.41, 5.74) is 3.96. The van der Waals surface area contributed by atoms with E-state index >= 15 is 0 Å². The fraction of sp³-hybridized carbons (Fsp3) is 0.333. The van der Waals surface area contributed by atoms with Crippen molar-refractivity contribution in [2.75, 3.05) is 5.88 Å². The highest BCUT2D eigenvalue weighted by molar-refractivity contribution is 8.01. The van der Waals surface area contributed by atoms with E-state index < -0.39 is 34.9 Å². The van der Waals surface area contributed by atoms with Crippen LogP contribution in [-0.4, -0.2) is 66.5 Å². The molecule has 1 aromatic heterocycles. The summed E-state index contributed by atoms with van der Waals surface area (Å²) >= 11 is 1.52. The van der Waals surface area contributed by atoms with Gasteiger partial charge in [0.25, 0.3) is 11.8 Å². The van der Waals surface area contributed by atoms with Crippen LogP contribution in [0.5, 0.6) is 0 Å². The van der Waals surface area contributed by atoms with Gasteiger partial charge < -0.3 is 20.2 Å². The Bertz CT molecular complexity index is 1400. The van der Waals surface area contributed by atoms with E-state index in [-0.39, 0.29) is 18.2 Å². The van der Waals surface area contributed by atoms with Gasteiger partial charge in [-0.15, -0.1) is 11.8 Å². The number of fused-ring (bicyclic) bond motifs is 1. The molecule has 2 aromatic carbocycles. The standard InChI is InChI=1S/C30H32N4O4S/c1-19-10-7-8-13-22(19)17-34-29(38)26-30(34,3)39-18-33(26)28(37)25(35)24(16-21-11-5-4-6-12-21)32-27(36)23-14-9-15-31-20(23)2/h4-15,24-26,35H,16-18H2,1-3H3,(H,32,36)/t24-,25-,26+,30?/m0/s1. The van der Waals surface area contributed by atoms with E-state index in [0.29, 0.717) is 17.8 Å². The number of aromatic nitrogens is 1. The minimum Gasteiger partial charge on any atom is -0.381 e. The maximum atomic E-state index is 13.7. The van der Waals surface area contributed by atoms with E-state index in [2.05, 4.69) is 10.3 Å². The predicted molar refractivity (Wildman–Crippen MR) is 150 cm³/mol. The van der Waals surface area contributed by atoms with Gasteiger partial charge in [0.15, 0.2) is 6.10 Å². The normalized spacial score (nSPS) is 21.6. The molecular weight excluding hydrogens is 512 g/mol. The number of aliphatic hydroxyl groups excluding tert-OH is 1. The lowest BCUT2D eigenvalue weighted by atomic mass is 9.91. The molecule has 39 heavy (non-hydrogen) atoms. The molecule has 2 N–H and O–H groups in total. The van der Waals surface area contributed by atoms with Gasteiger partial charge >= 0.3 is 0 Å². The van der Waals surface area contributed by atoms with Gasteiger partial charge in [-0.2, -0.15) is 0 Å². The summed E-state index contributed by atoms with van der Waals surface area (Å²) < 4.78 is 0. The highest BCUT2D eigenvalue weighted by atomic mass is 32.2. The minimum absolute atomic E-state index is 0.138. The average molecular weight is 545 g/mol. The zero-order valence-electron chi connectivity index (χ0n) is 22.2. The maximum Gasteiger partial charge on any atom is 0.255 e. The first kappa shape index (κ1) is 26.9. The molecule has 8 nitrogen and oxygen atoms in total. The van der Waals surface area contributed by atoms with E-state index in [4.69, 9.17) is 0 Å². The third-order valence-electron chi connectivity index (χ3n) is 7.72. The maximum absolute atomic E-state index is 13.7. The lowest BCUT2D eigenvalue weighted by molar-refractivity contribution is -0.168. The zero-order valence-corrected chi connectivity index (χ0v) is 23.0. The molecule has 0 radical (unpaired) electrons. The summed E-state index contributed by atoms with van der Waals surface area (Å²) in [6.45, 7) is 6.18. The van der Waals surface area contributed by atoms with Gasteiger partial charge in [0, 0.05) is 18.4 Å². The molecule has 3 aromatic rings. The molecule has 0 spiro atoms. The Kier molecular flexibility index (Phi) is 7.46. The monoisotopic (exact) mass is 544 g/mol. The van der Waals surface area contributed by atoms with Crippen molar-refractivity contribution < 1.29 is 19.5 Å². The number of carbonyl (C=O) groups is 3. The number of aliphatic hydroxyl groups is 1. The molecule has 0 aliphatic carbocycles. The lowest BCUT2D eigenvalue weighted by Crippen LogP contribution is -2.73. The van der Waals surface area contributed by atoms with Crippen molar-refractivity contribution in [3.8, 4) is 0 Å². The second-order valence-electron chi connectivity index (χ2n) is 10.2. The highest BCUT2D eigenvalue weighted by Crippen LogP contribution is 2.51. The van der Waals surface area contributed by atoms with Crippen LogP contribution in [0.25, 0.3) is 0 Å². The molecular formula is C30H32N4O4S. The number of hydrogen-bond donors (Lipinski definition) is 2. The summed E-state index contributed by atoms with van der Waals surface area (Å²) in [7, 11) is 0. The van der Waals surface area contributed by atoms with Crippen LogP contribution in [0, 0.1) is 13.8 Å². The number of thioether (sulfide) groups is 1. The molecule has 1 unspecified atom stereocenters. The van der Waals surface area contributed by atoms with Crippen LogP contribution in [0.3, 0.4) is 0 Å². The fourth-order valence-corrected chi connectivity index (χ4v) is 6.71. The molecule has 202 valence electrons. The Hall–Kier alpha value is -3.69. The first-order chi connectivity index (χ1) is 18.7. The lowest BCUT2D eigenvalue weighted by Gasteiger charge is -2.53. The van der Waals surface area contributed by atoms with E-state index in [1.54, 1.807) is 30.2 Å². The third-order valence-corrected chi connectivity index (χ3v) is 9.16. The van der Waals surface area contributed by atoms with E-state index in [1.165, 1.54) is 16.7 Å². The number of benzene rings is 2. The smallest absolute Gasteiger partial charge is 0.255 e. The van der Waals surface area contributed by atoms with Crippen molar-refractivity contribution in [2.24, 2.45) is 0 Å². The van der Waals surface area contributed by atoms with Crippen LogP contribution < -0.4 is 5.32 Å². The van der Waals surface area contributed by atoms with Crippen molar-refractivity contribution in [2.45, 2.75) is 56.8 Å². The topological polar surface area (TPSA) is 103 Å². The van der Waals surface area contributed by atoms with E-state index in [1.807, 2.05) is 68.4 Å².